The second-order valence-electron chi connectivity index (χ2n) is 2.91. The van der Waals surface area contributed by atoms with Crippen molar-refractivity contribution in [2.45, 2.75) is 13.5 Å². The maximum atomic E-state index is 12.5. The number of hydrogen-bond acceptors (Lipinski definition) is 1. The van der Waals surface area contributed by atoms with Gasteiger partial charge in [-0.1, -0.05) is 25.1 Å². The third kappa shape index (κ3) is 1.27. The highest BCUT2D eigenvalue weighted by atomic mass is 19.3. The summed E-state index contributed by atoms with van der Waals surface area (Å²) in [5.41, 5.74) is 1.07. The Kier molecular flexibility index (Phi) is 2.19. The number of rotatable bonds is 2. The van der Waals surface area contributed by atoms with Gasteiger partial charge in [-0.25, -0.2) is 4.68 Å². The van der Waals surface area contributed by atoms with Crippen LogP contribution < -0.4 is 0 Å². The van der Waals surface area contributed by atoms with Crippen LogP contribution in [0, 0.1) is 6.42 Å². The summed E-state index contributed by atoms with van der Waals surface area (Å²) in [6, 6.07) is 6.97. The van der Waals surface area contributed by atoms with E-state index in [-0.39, 0.29) is 0 Å². The summed E-state index contributed by atoms with van der Waals surface area (Å²) in [4.78, 5) is 0. The average molecular weight is 195 g/mol. The molecular formula is C10H9F2N2. The van der Waals surface area contributed by atoms with E-state index in [4.69, 9.17) is 0 Å². The van der Waals surface area contributed by atoms with Crippen molar-refractivity contribution in [1.82, 2.24) is 9.78 Å². The highest BCUT2D eigenvalue weighted by Gasteiger charge is 2.14. The van der Waals surface area contributed by atoms with Gasteiger partial charge in [-0.2, -0.15) is 13.9 Å². The van der Waals surface area contributed by atoms with Crippen molar-refractivity contribution in [3.8, 4) is 0 Å². The fourth-order valence-electron chi connectivity index (χ4n) is 1.48. The summed E-state index contributed by atoms with van der Waals surface area (Å²) in [5, 5.41) is 4.58. The molecule has 4 heteroatoms. The molecule has 2 aromatic rings. The van der Waals surface area contributed by atoms with Crippen LogP contribution in [-0.2, 0) is 0 Å². The Bertz CT molecular complexity index is 448. The SMILES string of the molecule is C[CH]c1nn(C(F)F)c2ccccc12. The van der Waals surface area contributed by atoms with Gasteiger partial charge in [-0.15, -0.1) is 0 Å². The van der Waals surface area contributed by atoms with E-state index in [1.165, 1.54) is 0 Å². The minimum absolute atomic E-state index is 0.468. The molecular weight excluding hydrogens is 186 g/mol. The van der Waals surface area contributed by atoms with Gasteiger partial charge >= 0.3 is 6.55 Å². The molecule has 0 saturated carbocycles. The molecule has 1 aromatic carbocycles. The lowest BCUT2D eigenvalue weighted by Gasteiger charge is -1.99. The van der Waals surface area contributed by atoms with Crippen LogP contribution >= 0.6 is 0 Å². The van der Waals surface area contributed by atoms with Crippen LogP contribution in [0.1, 0.15) is 19.2 Å². The largest absolute Gasteiger partial charge is 0.333 e. The Morgan fingerprint density at radius 3 is 2.71 bits per heavy atom. The Labute approximate surface area is 80.1 Å². The second kappa shape index (κ2) is 3.36. The summed E-state index contributed by atoms with van der Waals surface area (Å²) in [7, 11) is 0. The summed E-state index contributed by atoms with van der Waals surface area (Å²) < 4.78 is 25.8. The van der Waals surface area contributed by atoms with E-state index in [2.05, 4.69) is 5.10 Å². The zero-order chi connectivity index (χ0) is 10.1. The van der Waals surface area contributed by atoms with Crippen molar-refractivity contribution in [1.29, 1.82) is 0 Å². The summed E-state index contributed by atoms with van der Waals surface area (Å²) in [6.07, 6.45) is 1.72. The third-order valence-electron chi connectivity index (χ3n) is 2.10. The Hall–Kier alpha value is -1.45. The molecule has 0 spiro atoms. The first-order valence-electron chi connectivity index (χ1n) is 4.29. The number of benzene rings is 1. The van der Waals surface area contributed by atoms with Crippen LogP contribution in [0.4, 0.5) is 8.78 Å². The lowest BCUT2D eigenvalue weighted by atomic mass is 10.2. The second-order valence-corrected chi connectivity index (χ2v) is 2.91. The van der Waals surface area contributed by atoms with Crippen molar-refractivity contribution in [2.24, 2.45) is 0 Å². The van der Waals surface area contributed by atoms with E-state index in [0.29, 0.717) is 11.2 Å². The van der Waals surface area contributed by atoms with Gasteiger partial charge in [-0.3, -0.25) is 0 Å². The van der Waals surface area contributed by atoms with Gasteiger partial charge < -0.3 is 0 Å². The fraction of sp³-hybridized carbons (Fsp3) is 0.200. The molecule has 2 rings (SSSR count). The summed E-state index contributed by atoms with van der Waals surface area (Å²) >= 11 is 0. The zero-order valence-corrected chi connectivity index (χ0v) is 7.61. The van der Waals surface area contributed by atoms with Gasteiger partial charge in [0.05, 0.1) is 11.2 Å². The lowest BCUT2D eigenvalue weighted by molar-refractivity contribution is 0.0612. The molecule has 0 bridgehead atoms. The molecule has 0 aliphatic heterocycles. The Morgan fingerprint density at radius 2 is 2.07 bits per heavy atom. The van der Waals surface area contributed by atoms with E-state index >= 15 is 0 Å². The highest BCUT2D eigenvalue weighted by Crippen LogP contribution is 2.23. The number of para-hydroxylation sites is 1. The lowest BCUT2D eigenvalue weighted by Crippen LogP contribution is -1.99. The molecule has 0 aliphatic rings. The molecule has 73 valence electrons. The molecule has 0 saturated heterocycles. The van der Waals surface area contributed by atoms with Crippen molar-refractivity contribution >= 4 is 10.9 Å². The van der Waals surface area contributed by atoms with Crippen molar-refractivity contribution in [3.05, 3.63) is 36.4 Å². The first kappa shape index (κ1) is 9.12. The predicted molar refractivity (Wildman–Crippen MR) is 50.1 cm³/mol. The predicted octanol–water partition coefficient (Wildman–Crippen LogP) is 3.00. The summed E-state index contributed by atoms with van der Waals surface area (Å²) in [5.74, 6) is 0. The van der Waals surface area contributed by atoms with Crippen molar-refractivity contribution in [3.63, 3.8) is 0 Å². The Morgan fingerprint density at radius 1 is 1.36 bits per heavy atom. The van der Waals surface area contributed by atoms with Gasteiger partial charge in [0.25, 0.3) is 0 Å². The number of alkyl halides is 2. The molecule has 0 unspecified atom stereocenters. The van der Waals surface area contributed by atoms with Crippen LogP contribution in [0.3, 0.4) is 0 Å². The van der Waals surface area contributed by atoms with Gasteiger partial charge in [0.1, 0.15) is 0 Å². The normalized spacial score (nSPS) is 11.4. The molecule has 0 fully saturated rings. The van der Waals surface area contributed by atoms with Gasteiger partial charge in [0.2, 0.25) is 0 Å². The minimum Gasteiger partial charge on any atom is -0.203 e. The van der Waals surface area contributed by atoms with Gasteiger partial charge in [-0.05, 0) is 6.07 Å². The minimum atomic E-state index is -2.59. The number of fused-ring (bicyclic) bond motifs is 1. The fourth-order valence-corrected chi connectivity index (χ4v) is 1.48. The summed E-state index contributed by atoms with van der Waals surface area (Å²) in [6.45, 7) is -0.807. The molecule has 0 atom stereocenters. The molecule has 0 N–H and O–H groups in total. The van der Waals surface area contributed by atoms with Gasteiger partial charge in [0.15, 0.2) is 0 Å². The number of nitrogens with zero attached hydrogens (tertiary/aromatic N) is 2. The smallest absolute Gasteiger partial charge is 0.203 e. The van der Waals surface area contributed by atoms with Crippen LogP contribution in [0.15, 0.2) is 24.3 Å². The zero-order valence-electron chi connectivity index (χ0n) is 7.61. The standard InChI is InChI=1S/C10H9F2N2/c1-2-8-7-5-3-4-6-9(7)14(13-8)10(11)12/h2-6,10H,1H3. The number of hydrogen-bond donors (Lipinski definition) is 0. The first-order valence-corrected chi connectivity index (χ1v) is 4.29. The van der Waals surface area contributed by atoms with E-state index in [1.807, 2.05) is 6.07 Å². The number of aromatic nitrogens is 2. The van der Waals surface area contributed by atoms with Gasteiger partial charge in [0, 0.05) is 11.8 Å². The topological polar surface area (TPSA) is 17.8 Å². The van der Waals surface area contributed by atoms with Crippen LogP contribution in [-0.4, -0.2) is 9.78 Å². The Balaban J connectivity index is 2.73. The van der Waals surface area contributed by atoms with Crippen LogP contribution in [0.2, 0.25) is 0 Å². The maximum absolute atomic E-state index is 12.5. The maximum Gasteiger partial charge on any atom is 0.333 e. The molecule has 1 radical (unpaired) electrons. The van der Waals surface area contributed by atoms with E-state index in [9.17, 15) is 8.78 Å². The molecule has 1 heterocycles. The highest BCUT2D eigenvalue weighted by molar-refractivity contribution is 5.83. The van der Waals surface area contributed by atoms with Crippen LogP contribution in [0.25, 0.3) is 10.9 Å². The third-order valence-corrected chi connectivity index (χ3v) is 2.10. The first-order chi connectivity index (χ1) is 6.74. The van der Waals surface area contributed by atoms with Crippen molar-refractivity contribution < 1.29 is 8.78 Å². The average Bonchev–Trinajstić information content (AvgIpc) is 2.56. The molecule has 0 aliphatic carbocycles. The molecule has 1 aromatic heterocycles. The van der Waals surface area contributed by atoms with E-state index in [1.54, 1.807) is 31.5 Å². The molecule has 0 amide bonds. The van der Waals surface area contributed by atoms with Crippen molar-refractivity contribution in [2.75, 3.05) is 0 Å². The molecule has 2 nitrogen and oxygen atoms in total. The quantitative estimate of drug-likeness (QED) is 0.720. The number of halogens is 2. The monoisotopic (exact) mass is 195 g/mol. The molecule has 14 heavy (non-hydrogen) atoms. The van der Waals surface area contributed by atoms with E-state index < -0.39 is 6.55 Å². The van der Waals surface area contributed by atoms with E-state index in [0.717, 1.165) is 10.1 Å². The van der Waals surface area contributed by atoms with Crippen LogP contribution in [0.5, 0.6) is 0 Å².